The van der Waals surface area contributed by atoms with Gasteiger partial charge in [-0.25, -0.2) is 9.59 Å². The third kappa shape index (κ3) is 7.09. The van der Waals surface area contributed by atoms with E-state index < -0.39 is 11.9 Å². The van der Waals surface area contributed by atoms with Gasteiger partial charge in [0.15, 0.2) is 0 Å². The summed E-state index contributed by atoms with van der Waals surface area (Å²) in [5.41, 5.74) is 0. The number of rotatable bonds is 4. The van der Waals surface area contributed by atoms with Gasteiger partial charge in [-0.15, -0.1) is 0 Å². The van der Waals surface area contributed by atoms with Crippen molar-refractivity contribution in [3.05, 3.63) is 25.0 Å². The first-order chi connectivity index (χ1) is 6.70. The van der Waals surface area contributed by atoms with E-state index in [0.717, 1.165) is 25.2 Å². The molecule has 0 radical (unpaired) electrons. The van der Waals surface area contributed by atoms with Crippen LogP contribution >= 0.6 is 0 Å². The van der Waals surface area contributed by atoms with Gasteiger partial charge in [-0.3, -0.25) is 0 Å². The summed E-state index contributed by atoms with van der Waals surface area (Å²) in [7, 11) is 0. The van der Waals surface area contributed by atoms with Crippen molar-refractivity contribution in [1.82, 2.24) is 0 Å². The summed E-state index contributed by atoms with van der Waals surface area (Å²) in [5, 5.41) is 0. The SMILES string of the molecule is C=COCCCC.O=C1C=CC(=O)O1. The third-order valence-corrected chi connectivity index (χ3v) is 1.29. The van der Waals surface area contributed by atoms with E-state index in [1.165, 1.54) is 12.7 Å². The van der Waals surface area contributed by atoms with Crippen LogP contribution in [0.15, 0.2) is 25.0 Å². The summed E-state index contributed by atoms with van der Waals surface area (Å²) in [5.74, 6) is -1.16. The van der Waals surface area contributed by atoms with Gasteiger partial charge in [0.1, 0.15) is 0 Å². The molecule has 1 aliphatic rings. The Morgan fingerprint density at radius 2 is 2.00 bits per heavy atom. The highest BCUT2D eigenvalue weighted by molar-refractivity contribution is 6.04. The van der Waals surface area contributed by atoms with Crippen LogP contribution in [0.2, 0.25) is 0 Å². The molecule has 0 aromatic rings. The zero-order valence-corrected chi connectivity index (χ0v) is 8.19. The Labute approximate surface area is 83.2 Å². The third-order valence-electron chi connectivity index (χ3n) is 1.29. The molecule has 0 unspecified atom stereocenters. The molecule has 0 spiro atoms. The van der Waals surface area contributed by atoms with Crippen LogP contribution in [0, 0.1) is 0 Å². The summed E-state index contributed by atoms with van der Waals surface area (Å²) in [6.07, 6.45) is 5.97. The predicted octanol–water partition coefficient (Wildman–Crippen LogP) is 1.57. The largest absolute Gasteiger partial charge is 0.502 e. The zero-order chi connectivity index (χ0) is 10.8. The number of hydrogen-bond donors (Lipinski definition) is 0. The van der Waals surface area contributed by atoms with Crippen molar-refractivity contribution in [2.75, 3.05) is 6.61 Å². The maximum absolute atomic E-state index is 9.92. The van der Waals surface area contributed by atoms with E-state index in [2.05, 4.69) is 18.2 Å². The van der Waals surface area contributed by atoms with Gasteiger partial charge in [0, 0.05) is 12.2 Å². The number of esters is 2. The molecule has 0 amide bonds. The highest BCUT2D eigenvalue weighted by Crippen LogP contribution is 1.92. The van der Waals surface area contributed by atoms with Crippen LogP contribution in [-0.2, 0) is 19.1 Å². The van der Waals surface area contributed by atoms with Crippen molar-refractivity contribution >= 4 is 11.9 Å². The van der Waals surface area contributed by atoms with Gasteiger partial charge < -0.3 is 9.47 Å². The number of unbranched alkanes of at least 4 members (excludes halogenated alkanes) is 1. The van der Waals surface area contributed by atoms with Gasteiger partial charge in [0.2, 0.25) is 0 Å². The van der Waals surface area contributed by atoms with E-state index in [-0.39, 0.29) is 0 Å². The molecule has 1 heterocycles. The Kier molecular flexibility index (Phi) is 7.13. The van der Waals surface area contributed by atoms with E-state index in [0.29, 0.717) is 0 Å². The van der Waals surface area contributed by atoms with Crippen molar-refractivity contribution in [3.8, 4) is 0 Å². The van der Waals surface area contributed by atoms with Crippen LogP contribution < -0.4 is 0 Å². The van der Waals surface area contributed by atoms with Crippen LogP contribution in [0.1, 0.15) is 19.8 Å². The summed E-state index contributed by atoms with van der Waals surface area (Å²) in [4.78, 5) is 19.8. The summed E-state index contributed by atoms with van der Waals surface area (Å²) in [6, 6.07) is 0. The normalized spacial score (nSPS) is 12.9. The lowest BCUT2D eigenvalue weighted by molar-refractivity contribution is -0.150. The predicted molar refractivity (Wildman–Crippen MR) is 51.3 cm³/mol. The van der Waals surface area contributed by atoms with Crippen molar-refractivity contribution in [2.45, 2.75) is 19.8 Å². The minimum Gasteiger partial charge on any atom is -0.502 e. The van der Waals surface area contributed by atoms with Crippen LogP contribution in [0.3, 0.4) is 0 Å². The Hall–Kier alpha value is -1.58. The van der Waals surface area contributed by atoms with Crippen LogP contribution in [0.25, 0.3) is 0 Å². The fourth-order valence-electron chi connectivity index (χ4n) is 0.614. The Balaban J connectivity index is 0.000000241. The number of ether oxygens (including phenoxy) is 2. The molecule has 0 fully saturated rings. The number of carbonyl (C=O) groups excluding carboxylic acids is 2. The smallest absolute Gasteiger partial charge is 0.338 e. The molecule has 0 saturated heterocycles. The second kappa shape index (κ2) is 8.04. The quantitative estimate of drug-likeness (QED) is 0.298. The molecule has 78 valence electrons. The second-order valence-corrected chi connectivity index (χ2v) is 2.46. The molecule has 1 rings (SSSR count). The van der Waals surface area contributed by atoms with Gasteiger partial charge in [0.25, 0.3) is 0 Å². The zero-order valence-electron chi connectivity index (χ0n) is 8.19. The average Bonchev–Trinajstić information content (AvgIpc) is 2.52. The molecule has 0 aliphatic carbocycles. The fraction of sp³-hybridized carbons (Fsp3) is 0.400. The number of cyclic esters (lactones) is 2. The van der Waals surface area contributed by atoms with Gasteiger partial charge in [-0.2, -0.15) is 0 Å². The van der Waals surface area contributed by atoms with E-state index in [4.69, 9.17) is 4.74 Å². The highest BCUT2D eigenvalue weighted by Gasteiger charge is 2.10. The maximum atomic E-state index is 9.92. The average molecular weight is 198 g/mol. The van der Waals surface area contributed by atoms with Crippen LogP contribution in [0.5, 0.6) is 0 Å². The standard InChI is InChI=1S/C6H12O.C4H2O3/c1-3-5-6-7-4-2;5-3-1-2-4(6)7-3/h4H,2-3,5-6H2,1H3;1-2H. The molecule has 14 heavy (non-hydrogen) atoms. The van der Waals surface area contributed by atoms with E-state index >= 15 is 0 Å². The molecule has 0 aromatic heterocycles. The van der Waals surface area contributed by atoms with Gasteiger partial charge in [-0.05, 0) is 6.42 Å². The first-order valence-electron chi connectivity index (χ1n) is 4.37. The first-order valence-corrected chi connectivity index (χ1v) is 4.37. The van der Waals surface area contributed by atoms with Crippen molar-refractivity contribution in [2.24, 2.45) is 0 Å². The van der Waals surface area contributed by atoms with Crippen LogP contribution in [0.4, 0.5) is 0 Å². The van der Waals surface area contributed by atoms with Gasteiger partial charge in [-0.1, -0.05) is 19.9 Å². The van der Waals surface area contributed by atoms with E-state index in [1.807, 2.05) is 0 Å². The summed E-state index contributed by atoms with van der Waals surface area (Å²) < 4.78 is 8.81. The second-order valence-electron chi connectivity index (χ2n) is 2.46. The topological polar surface area (TPSA) is 52.6 Å². The van der Waals surface area contributed by atoms with Crippen molar-refractivity contribution in [3.63, 3.8) is 0 Å². The molecular formula is C10H14O4. The molecule has 1 aliphatic heterocycles. The maximum Gasteiger partial charge on any atom is 0.338 e. The minimum atomic E-state index is -0.579. The van der Waals surface area contributed by atoms with Crippen molar-refractivity contribution < 1.29 is 19.1 Å². The minimum absolute atomic E-state index is 0.579. The lowest BCUT2D eigenvalue weighted by atomic mass is 10.4. The summed E-state index contributed by atoms with van der Waals surface area (Å²) in [6.45, 7) is 6.36. The molecular weight excluding hydrogens is 184 g/mol. The molecule has 4 nitrogen and oxygen atoms in total. The highest BCUT2D eigenvalue weighted by atomic mass is 16.6. The number of carbonyl (C=O) groups is 2. The Morgan fingerprint density at radius 1 is 1.43 bits per heavy atom. The van der Waals surface area contributed by atoms with Crippen molar-refractivity contribution in [1.29, 1.82) is 0 Å². The number of hydrogen-bond acceptors (Lipinski definition) is 4. The molecule has 0 atom stereocenters. The first kappa shape index (κ1) is 12.4. The van der Waals surface area contributed by atoms with Gasteiger partial charge in [0.05, 0.1) is 12.9 Å². The molecule has 0 bridgehead atoms. The van der Waals surface area contributed by atoms with Gasteiger partial charge >= 0.3 is 11.9 Å². The van der Waals surface area contributed by atoms with Crippen LogP contribution in [-0.4, -0.2) is 18.5 Å². The molecule has 0 aromatic carbocycles. The molecule has 0 N–H and O–H groups in total. The molecule has 4 heteroatoms. The fourth-order valence-corrected chi connectivity index (χ4v) is 0.614. The molecule has 0 saturated carbocycles. The lowest BCUT2D eigenvalue weighted by Crippen LogP contribution is -1.96. The van der Waals surface area contributed by atoms with E-state index in [9.17, 15) is 9.59 Å². The Bertz CT molecular complexity index is 214. The lowest BCUT2D eigenvalue weighted by Gasteiger charge is -1.93. The summed E-state index contributed by atoms with van der Waals surface area (Å²) >= 11 is 0. The monoisotopic (exact) mass is 198 g/mol. The van der Waals surface area contributed by atoms with E-state index in [1.54, 1.807) is 0 Å². The Morgan fingerprint density at radius 3 is 2.29 bits per heavy atom.